The Bertz CT molecular complexity index is 1020. The van der Waals surface area contributed by atoms with Crippen LogP contribution in [-0.2, 0) is 0 Å². The van der Waals surface area contributed by atoms with Gasteiger partial charge in [-0.15, -0.1) is 24.8 Å². The summed E-state index contributed by atoms with van der Waals surface area (Å²) in [6.07, 6.45) is 12.5. The Balaban J connectivity index is 0.00000228. The first-order chi connectivity index (χ1) is 16.5. The van der Waals surface area contributed by atoms with Gasteiger partial charge in [0.1, 0.15) is 5.82 Å². The van der Waals surface area contributed by atoms with Gasteiger partial charge in [-0.05, 0) is 51.2 Å². The van der Waals surface area contributed by atoms with E-state index in [9.17, 15) is 4.79 Å². The molecule has 9 heteroatoms. The monoisotopic (exact) mass is 536 g/mol. The van der Waals surface area contributed by atoms with E-state index >= 15 is 0 Å². The zero-order valence-electron chi connectivity index (χ0n) is 21.6. The van der Waals surface area contributed by atoms with Gasteiger partial charge in [0.05, 0.1) is 17.4 Å². The molecule has 0 radical (unpaired) electrons. The minimum atomic E-state index is -0.223. The number of amides is 1. The number of halogens is 2. The van der Waals surface area contributed by atoms with Crippen molar-refractivity contribution in [2.45, 2.75) is 96.6 Å². The molecule has 2 atom stereocenters. The number of nitrogens with two attached hydrogens (primary N) is 1. The molecule has 7 nitrogen and oxygen atoms in total. The second-order valence-corrected chi connectivity index (χ2v) is 10.0. The Morgan fingerprint density at radius 2 is 1.78 bits per heavy atom. The van der Waals surface area contributed by atoms with E-state index < -0.39 is 0 Å². The number of fused-ring (bicyclic) bond motifs is 1. The molecule has 2 aliphatic rings. The normalized spacial score (nSPS) is 20.8. The van der Waals surface area contributed by atoms with Crippen LogP contribution in [0.1, 0.15) is 93.7 Å². The number of carbonyl (C=O) groups excluding carboxylic acids is 1. The number of hydrogen-bond donors (Lipinski definition) is 3. The first-order valence-electron chi connectivity index (χ1n) is 13.2. The molecule has 200 valence electrons. The highest BCUT2D eigenvalue weighted by Crippen LogP contribution is 2.30. The van der Waals surface area contributed by atoms with Gasteiger partial charge in [0.15, 0.2) is 0 Å². The van der Waals surface area contributed by atoms with Crippen molar-refractivity contribution >= 4 is 53.3 Å². The van der Waals surface area contributed by atoms with Crippen molar-refractivity contribution in [2.24, 2.45) is 16.6 Å². The van der Waals surface area contributed by atoms with Crippen LogP contribution >= 0.6 is 24.8 Å². The zero-order chi connectivity index (χ0) is 23.9. The summed E-state index contributed by atoms with van der Waals surface area (Å²) in [6.45, 7) is 4.80. The number of nitrogens with zero attached hydrogens (tertiary/aromatic N) is 3. The topological polar surface area (TPSA) is 105 Å². The summed E-state index contributed by atoms with van der Waals surface area (Å²) >= 11 is 0. The van der Waals surface area contributed by atoms with E-state index in [0.29, 0.717) is 12.5 Å². The standard InChI is InChI=1S/C27H40N6O.2ClH/c1-3-4-16-29-27(34)26-31-21-15-14-18(2)17-20(21)25(33-26)32-23-13-9-8-12-22(23)30-24(28)19-10-6-5-7-11-19;;/h14-15,17,19,22-23H,3-13,16H2,1-2H3,(H2,28,30)(H,29,34)(H,31,32,33);2*1H/t22-,23+;;/m1../s1. The quantitative estimate of drug-likeness (QED) is 0.219. The van der Waals surface area contributed by atoms with E-state index in [-0.39, 0.29) is 48.6 Å². The lowest BCUT2D eigenvalue weighted by Gasteiger charge is -2.32. The molecule has 0 bridgehead atoms. The smallest absolute Gasteiger partial charge is 0.289 e. The molecule has 0 aliphatic heterocycles. The summed E-state index contributed by atoms with van der Waals surface area (Å²) in [5.41, 5.74) is 8.43. The number of unbranched alkanes of at least 4 members (excludes halogenated alkanes) is 1. The van der Waals surface area contributed by atoms with E-state index in [0.717, 1.165) is 73.1 Å². The molecule has 36 heavy (non-hydrogen) atoms. The number of rotatable bonds is 8. The number of anilines is 1. The summed E-state index contributed by atoms with van der Waals surface area (Å²) in [6, 6.07) is 6.36. The van der Waals surface area contributed by atoms with Gasteiger partial charge < -0.3 is 16.4 Å². The molecule has 2 aromatic rings. The van der Waals surface area contributed by atoms with Crippen molar-refractivity contribution < 1.29 is 4.79 Å². The van der Waals surface area contributed by atoms with Gasteiger partial charge >= 0.3 is 0 Å². The predicted octanol–water partition coefficient (Wildman–Crippen LogP) is 5.97. The van der Waals surface area contributed by atoms with Gasteiger partial charge in [0.2, 0.25) is 5.82 Å². The molecular formula is C27H42Cl2N6O. The van der Waals surface area contributed by atoms with Gasteiger partial charge in [-0.2, -0.15) is 0 Å². The first kappa shape index (κ1) is 30.1. The third kappa shape index (κ3) is 7.69. The molecule has 4 N–H and O–H groups in total. The van der Waals surface area contributed by atoms with Gasteiger partial charge in [0.25, 0.3) is 5.91 Å². The fraction of sp³-hybridized carbons (Fsp3) is 0.630. The zero-order valence-corrected chi connectivity index (χ0v) is 23.2. The molecule has 0 spiro atoms. The third-order valence-electron chi connectivity index (χ3n) is 7.26. The largest absolute Gasteiger partial charge is 0.387 e. The molecule has 1 heterocycles. The number of aromatic nitrogens is 2. The Morgan fingerprint density at radius 3 is 2.53 bits per heavy atom. The van der Waals surface area contributed by atoms with Gasteiger partial charge in [-0.1, -0.05) is 57.1 Å². The van der Waals surface area contributed by atoms with Crippen molar-refractivity contribution in [1.29, 1.82) is 0 Å². The number of benzene rings is 1. The van der Waals surface area contributed by atoms with Gasteiger partial charge in [-0.3, -0.25) is 9.79 Å². The summed E-state index contributed by atoms with van der Waals surface area (Å²) in [4.78, 5) is 27.1. The highest BCUT2D eigenvalue weighted by atomic mass is 35.5. The predicted molar refractivity (Wildman–Crippen MR) is 154 cm³/mol. The summed E-state index contributed by atoms with van der Waals surface area (Å²) in [5, 5.41) is 7.57. The average Bonchev–Trinajstić information content (AvgIpc) is 2.86. The third-order valence-corrected chi connectivity index (χ3v) is 7.26. The van der Waals surface area contributed by atoms with Crippen molar-refractivity contribution in [3.63, 3.8) is 0 Å². The average molecular weight is 538 g/mol. The SMILES string of the molecule is CCCCNC(=O)c1nc(N[C@H]2CCCC[C@H]2N=C(N)C2CCCCC2)c2cc(C)ccc2n1.Cl.Cl. The summed E-state index contributed by atoms with van der Waals surface area (Å²) in [5.74, 6) is 1.97. The Kier molecular flexibility index (Phi) is 12.2. The summed E-state index contributed by atoms with van der Waals surface area (Å²) in [7, 11) is 0. The lowest BCUT2D eigenvalue weighted by atomic mass is 9.87. The van der Waals surface area contributed by atoms with Crippen molar-refractivity contribution in [3.8, 4) is 0 Å². The van der Waals surface area contributed by atoms with Crippen LogP contribution in [0, 0.1) is 12.8 Å². The number of aliphatic imine (C=N–C) groups is 1. The lowest BCUT2D eigenvalue weighted by molar-refractivity contribution is 0.0943. The van der Waals surface area contributed by atoms with Crippen molar-refractivity contribution in [3.05, 3.63) is 29.6 Å². The first-order valence-corrected chi connectivity index (χ1v) is 13.2. The molecule has 4 rings (SSSR count). The Labute approximate surface area is 227 Å². The minimum Gasteiger partial charge on any atom is -0.387 e. The molecule has 1 aromatic carbocycles. The van der Waals surface area contributed by atoms with E-state index in [1.807, 2.05) is 12.1 Å². The maximum atomic E-state index is 12.8. The van der Waals surface area contributed by atoms with E-state index in [1.54, 1.807) is 0 Å². The fourth-order valence-corrected chi connectivity index (χ4v) is 5.22. The molecule has 2 fully saturated rings. The van der Waals surface area contributed by atoms with Crippen molar-refractivity contribution in [1.82, 2.24) is 15.3 Å². The van der Waals surface area contributed by atoms with Crippen molar-refractivity contribution in [2.75, 3.05) is 11.9 Å². The van der Waals surface area contributed by atoms with Crippen LogP contribution < -0.4 is 16.4 Å². The minimum absolute atomic E-state index is 0. The fourth-order valence-electron chi connectivity index (χ4n) is 5.22. The van der Waals surface area contributed by atoms with Crippen LogP contribution in [0.5, 0.6) is 0 Å². The number of nitrogens with one attached hydrogen (secondary N) is 2. The maximum absolute atomic E-state index is 12.8. The molecule has 2 aliphatic carbocycles. The molecule has 1 amide bonds. The van der Waals surface area contributed by atoms with Gasteiger partial charge in [-0.25, -0.2) is 9.97 Å². The molecule has 0 unspecified atom stereocenters. The molecular weight excluding hydrogens is 495 g/mol. The van der Waals surface area contributed by atoms with Gasteiger partial charge in [0, 0.05) is 23.9 Å². The highest BCUT2D eigenvalue weighted by Gasteiger charge is 2.28. The van der Waals surface area contributed by atoms with E-state index in [1.165, 1.54) is 25.7 Å². The summed E-state index contributed by atoms with van der Waals surface area (Å²) < 4.78 is 0. The van der Waals surface area contributed by atoms with Crippen LogP contribution in [0.25, 0.3) is 10.9 Å². The van der Waals surface area contributed by atoms with Crippen LogP contribution in [0.4, 0.5) is 5.82 Å². The second kappa shape index (κ2) is 14.6. The van der Waals surface area contributed by atoms with Crippen LogP contribution in [0.15, 0.2) is 23.2 Å². The number of aryl methyl sites for hydroxylation is 1. The van der Waals surface area contributed by atoms with Crippen LogP contribution in [-0.4, -0.2) is 40.3 Å². The van der Waals surface area contributed by atoms with E-state index in [2.05, 4.69) is 35.5 Å². The van der Waals surface area contributed by atoms with Crippen LogP contribution in [0.3, 0.4) is 0 Å². The molecule has 0 saturated heterocycles. The number of amidine groups is 1. The maximum Gasteiger partial charge on any atom is 0.289 e. The molecule has 2 saturated carbocycles. The highest BCUT2D eigenvalue weighted by molar-refractivity contribution is 5.96. The second-order valence-electron chi connectivity index (χ2n) is 10.0. The Morgan fingerprint density at radius 1 is 1.06 bits per heavy atom. The lowest BCUT2D eigenvalue weighted by Crippen LogP contribution is -2.38. The number of hydrogen-bond acceptors (Lipinski definition) is 5. The Hall–Kier alpha value is -2.12. The van der Waals surface area contributed by atoms with Crippen LogP contribution in [0.2, 0.25) is 0 Å². The molecule has 1 aromatic heterocycles. The van der Waals surface area contributed by atoms with E-state index in [4.69, 9.17) is 15.7 Å². The number of carbonyl (C=O) groups is 1.